The zero-order valence-corrected chi connectivity index (χ0v) is 5.29. The Morgan fingerprint density at radius 2 is 2.50 bits per heavy atom. The minimum absolute atomic E-state index is 0.428. The summed E-state index contributed by atoms with van der Waals surface area (Å²) in [6, 6.07) is 0. The Kier molecular flexibility index (Phi) is 2.05. The van der Waals surface area contributed by atoms with Gasteiger partial charge in [0.1, 0.15) is 5.94 Å². The summed E-state index contributed by atoms with van der Waals surface area (Å²) in [5, 5.41) is 8.44. The monoisotopic (exact) mass is 137 g/mol. The van der Waals surface area contributed by atoms with E-state index in [9.17, 15) is 4.79 Å². The first-order valence-corrected chi connectivity index (χ1v) is 2.89. The third kappa shape index (κ3) is 1.16. The fraction of sp³-hybridized carbons (Fsp3) is 0.143. The molecule has 0 bridgehead atoms. The molecule has 0 atom stereocenters. The molecule has 1 rings (SSSR count). The summed E-state index contributed by atoms with van der Waals surface area (Å²) >= 11 is 0. The highest BCUT2D eigenvalue weighted by atomic mass is 16.5. The molecule has 0 radical (unpaired) electrons. The number of hydrogen-bond acceptors (Lipinski definition) is 3. The van der Waals surface area contributed by atoms with Gasteiger partial charge in [0, 0.05) is 6.42 Å². The number of carbonyl (C=O) groups excluding carboxylic acids is 1. The van der Waals surface area contributed by atoms with E-state index in [1.54, 1.807) is 18.1 Å². The van der Waals surface area contributed by atoms with Crippen molar-refractivity contribution in [2.75, 3.05) is 0 Å². The molecule has 0 amide bonds. The van der Waals surface area contributed by atoms with Crippen molar-refractivity contribution >= 4 is 5.94 Å². The molecule has 0 unspecified atom stereocenters. The van der Waals surface area contributed by atoms with Gasteiger partial charge in [0.2, 0.25) is 0 Å². The van der Waals surface area contributed by atoms with E-state index in [1.807, 2.05) is 11.6 Å². The molecule has 0 spiro atoms. The molecule has 0 aromatic rings. The molecule has 0 fully saturated rings. The van der Waals surface area contributed by atoms with E-state index in [4.69, 9.17) is 5.21 Å². The van der Waals surface area contributed by atoms with E-state index in [1.165, 1.54) is 0 Å². The second-order valence-corrected chi connectivity index (χ2v) is 1.91. The number of rotatable bonds is 1. The van der Waals surface area contributed by atoms with E-state index in [0.29, 0.717) is 17.7 Å². The van der Waals surface area contributed by atoms with Crippen LogP contribution >= 0.6 is 0 Å². The lowest BCUT2D eigenvalue weighted by atomic mass is 10.1. The second-order valence-electron chi connectivity index (χ2n) is 1.91. The molecule has 1 aliphatic rings. The van der Waals surface area contributed by atoms with Gasteiger partial charge in [-0.2, -0.15) is 0 Å². The van der Waals surface area contributed by atoms with Crippen LogP contribution < -0.4 is 5.48 Å². The Morgan fingerprint density at radius 3 is 3.00 bits per heavy atom. The Bertz CT molecular complexity index is 234. The van der Waals surface area contributed by atoms with Gasteiger partial charge in [0.05, 0.1) is 11.3 Å². The topological polar surface area (TPSA) is 49.3 Å². The van der Waals surface area contributed by atoms with Gasteiger partial charge in [-0.3, -0.25) is 10.7 Å². The molecule has 3 nitrogen and oxygen atoms in total. The molecule has 10 heavy (non-hydrogen) atoms. The second kappa shape index (κ2) is 3.01. The summed E-state index contributed by atoms with van der Waals surface area (Å²) in [7, 11) is 0. The van der Waals surface area contributed by atoms with Gasteiger partial charge < -0.3 is 0 Å². The first-order chi connectivity index (χ1) is 4.88. The van der Waals surface area contributed by atoms with E-state index in [0.717, 1.165) is 0 Å². The summed E-state index contributed by atoms with van der Waals surface area (Å²) < 4.78 is 0. The zero-order chi connectivity index (χ0) is 7.40. The lowest BCUT2D eigenvalue weighted by molar-refractivity contribution is 0.203. The summed E-state index contributed by atoms with van der Waals surface area (Å²) in [4.78, 5) is 10.1. The predicted molar refractivity (Wildman–Crippen MR) is 36.0 cm³/mol. The van der Waals surface area contributed by atoms with Gasteiger partial charge in [-0.1, -0.05) is 12.2 Å². The minimum Gasteiger partial charge on any atom is -0.291 e. The Hall–Kier alpha value is -1.31. The summed E-state index contributed by atoms with van der Waals surface area (Å²) in [5.74, 6) is 1.73. The Labute approximate surface area is 58.3 Å². The van der Waals surface area contributed by atoms with Gasteiger partial charge in [-0.15, -0.1) is 0 Å². The van der Waals surface area contributed by atoms with E-state index in [2.05, 4.69) is 0 Å². The van der Waals surface area contributed by atoms with Gasteiger partial charge in [0.25, 0.3) is 0 Å². The van der Waals surface area contributed by atoms with Crippen molar-refractivity contribution in [3.63, 3.8) is 0 Å². The summed E-state index contributed by atoms with van der Waals surface area (Å²) in [5.41, 5.74) is 2.79. The smallest absolute Gasteiger partial charge is 0.130 e. The average molecular weight is 137 g/mol. The van der Waals surface area contributed by atoms with E-state index >= 15 is 0 Å². The lowest BCUT2D eigenvalue weighted by Crippen LogP contribution is -2.10. The molecular formula is C7H7NO2. The molecule has 1 aliphatic carbocycles. The highest BCUT2D eigenvalue weighted by Crippen LogP contribution is 2.12. The summed E-state index contributed by atoms with van der Waals surface area (Å²) in [6.07, 6.45) is 5.73. The third-order valence-corrected chi connectivity index (χ3v) is 1.29. The lowest BCUT2D eigenvalue weighted by Gasteiger charge is -2.06. The quantitative estimate of drug-likeness (QED) is 0.410. The first-order valence-electron chi connectivity index (χ1n) is 2.89. The normalized spacial score (nSPS) is 16.1. The average Bonchev–Trinajstić information content (AvgIpc) is 2.04. The van der Waals surface area contributed by atoms with Crippen molar-refractivity contribution in [3.05, 3.63) is 29.5 Å². The Morgan fingerprint density at radius 1 is 1.70 bits per heavy atom. The third-order valence-electron chi connectivity index (χ3n) is 1.29. The fourth-order valence-electron chi connectivity index (χ4n) is 0.762. The predicted octanol–water partition coefficient (Wildman–Crippen LogP) is 0.567. The number of allylic oxidation sites excluding steroid dienone is 4. The molecule has 0 saturated carbocycles. The van der Waals surface area contributed by atoms with Crippen molar-refractivity contribution in [2.24, 2.45) is 0 Å². The van der Waals surface area contributed by atoms with Crippen LogP contribution in [0.25, 0.3) is 0 Å². The minimum atomic E-state index is 0.428. The van der Waals surface area contributed by atoms with E-state index < -0.39 is 0 Å². The maximum Gasteiger partial charge on any atom is 0.130 e. The maximum absolute atomic E-state index is 10.1. The molecule has 0 aliphatic heterocycles. The van der Waals surface area contributed by atoms with Crippen LogP contribution in [0.2, 0.25) is 0 Å². The van der Waals surface area contributed by atoms with Crippen LogP contribution in [0.1, 0.15) is 6.42 Å². The van der Waals surface area contributed by atoms with Gasteiger partial charge in [0.15, 0.2) is 0 Å². The number of hydrogen-bond donors (Lipinski definition) is 2. The van der Waals surface area contributed by atoms with Crippen molar-refractivity contribution in [3.8, 4) is 0 Å². The van der Waals surface area contributed by atoms with Crippen LogP contribution in [0.3, 0.4) is 0 Å². The standard InChI is InChI=1S/C7H7NO2/c9-5-6-3-1-2-4-7(6)8-10/h1-2,4,8,10H,3H2. The number of hydroxylamine groups is 1. The largest absolute Gasteiger partial charge is 0.291 e. The fourth-order valence-corrected chi connectivity index (χ4v) is 0.762. The van der Waals surface area contributed by atoms with Crippen LogP contribution in [0, 0.1) is 0 Å². The van der Waals surface area contributed by atoms with Gasteiger partial charge in [-0.25, -0.2) is 4.79 Å². The van der Waals surface area contributed by atoms with Crippen LogP contribution in [0.5, 0.6) is 0 Å². The molecule has 2 N–H and O–H groups in total. The van der Waals surface area contributed by atoms with Crippen LogP contribution in [0.15, 0.2) is 29.5 Å². The molecule has 0 aromatic heterocycles. The molecule has 0 saturated heterocycles. The molecule has 0 aromatic carbocycles. The van der Waals surface area contributed by atoms with Crippen molar-refractivity contribution in [1.82, 2.24) is 5.48 Å². The Balaban J connectivity index is 2.91. The summed E-state index contributed by atoms with van der Waals surface area (Å²) in [6.45, 7) is 0. The number of nitrogens with one attached hydrogen (secondary N) is 1. The first kappa shape index (κ1) is 6.81. The highest BCUT2D eigenvalue weighted by Gasteiger charge is 2.05. The van der Waals surface area contributed by atoms with Crippen LogP contribution in [-0.4, -0.2) is 11.1 Å². The molecular weight excluding hydrogens is 130 g/mol. The van der Waals surface area contributed by atoms with Crippen LogP contribution in [-0.2, 0) is 4.79 Å². The highest BCUT2D eigenvalue weighted by molar-refractivity contribution is 5.62. The van der Waals surface area contributed by atoms with E-state index in [-0.39, 0.29) is 0 Å². The SMILES string of the molecule is O=C=C1CC=CC=C1NO. The van der Waals surface area contributed by atoms with Gasteiger partial charge in [-0.05, 0) is 6.08 Å². The van der Waals surface area contributed by atoms with Crippen molar-refractivity contribution in [2.45, 2.75) is 6.42 Å². The molecule has 3 heteroatoms. The molecule has 52 valence electrons. The zero-order valence-electron chi connectivity index (χ0n) is 5.29. The van der Waals surface area contributed by atoms with Gasteiger partial charge >= 0.3 is 0 Å². The maximum atomic E-state index is 10.1. The van der Waals surface area contributed by atoms with Crippen LogP contribution in [0.4, 0.5) is 0 Å². The van der Waals surface area contributed by atoms with Crippen molar-refractivity contribution < 1.29 is 10.0 Å². The molecule has 0 heterocycles. The van der Waals surface area contributed by atoms with Crippen molar-refractivity contribution in [1.29, 1.82) is 0 Å².